The van der Waals surface area contributed by atoms with Crippen LogP contribution in [0.5, 0.6) is 0 Å². The number of hydrogen-bond acceptors (Lipinski definition) is 7. The van der Waals surface area contributed by atoms with Crippen molar-refractivity contribution < 1.29 is 38.2 Å². The van der Waals surface area contributed by atoms with Gasteiger partial charge in [-0.05, 0) is 64.2 Å². The van der Waals surface area contributed by atoms with Crippen LogP contribution >= 0.6 is 0 Å². The number of aliphatic carboxylic acids is 1. The van der Waals surface area contributed by atoms with Gasteiger partial charge >= 0.3 is 11.9 Å². The number of ether oxygens (including phenoxy) is 3. The van der Waals surface area contributed by atoms with Crippen molar-refractivity contribution in [3.63, 3.8) is 0 Å². The highest BCUT2D eigenvalue weighted by Crippen LogP contribution is 2.11. The first-order valence-corrected chi connectivity index (χ1v) is 21.3. The number of likely N-dealkylation sites (N-methyl/N-ethyl adjacent to an activating group) is 1. The number of carboxylic acids is 1. The standard InChI is InChI=1S/C46H79NO7/c1-6-8-10-12-14-16-18-20-21-22-23-25-26-28-30-32-34-36-44(48)53-41-42(40-52-39-38-43(46(50)51)47(3,4)5)54-45(49)37-35-33-31-29-27-24-19-17-15-13-11-9-7-2/h20-21,23-25,27-28,30-31,33,42-43H,6-19,22,26,29,32,34-41H2,1-5H3/b21-20+,25-23+,27-24+,30-28+,33-31+. The molecule has 0 heterocycles. The van der Waals surface area contributed by atoms with E-state index >= 15 is 0 Å². The zero-order valence-electron chi connectivity index (χ0n) is 35.1. The van der Waals surface area contributed by atoms with E-state index in [2.05, 4.69) is 68.5 Å². The first-order chi connectivity index (χ1) is 26.1. The van der Waals surface area contributed by atoms with Crippen LogP contribution in [0.1, 0.15) is 162 Å². The molecule has 0 spiro atoms. The highest BCUT2D eigenvalue weighted by Gasteiger charge is 2.25. The number of hydrogen-bond donors (Lipinski definition) is 0. The van der Waals surface area contributed by atoms with E-state index in [1.165, 1.54) is 83.5 Å². The number of unbranched alkanes of at least 4 members (excludes halogenated alkanes) is 13. The fraction of sp³-hybridized carbons (Fsp3) is 0.717. The van der Waals surface area contributed by atoms with Crippen LogP contribution in [0.15, 0.2) is 60.8 Å². The van der Waals surface area contributed by atoms with E-state index in [1.807, 2.05) is 6.08 Å². The van der Waals surface area contributed by atoms with Gasteiger partial charge < -0.3 is 28.6 Å². The van der Waals surface area contributed by atoms with Crippen molar-refractivity contribution in [3.8, 4) is 0 Å². The molecule has 2 unspecified atom stereocenters. The molecule has 0 aliphatic carbocycles. The Balaban J connectivity index is 4.52. The smallest absolute Gasteiger partial charge is 0.306 e. The van der Waals surface area contributed by atoms with Gasteiger partial charge in [-0.25, -0.2) is 0 Å². The molecule has 2 atom stereocenters. The average Bonchev–Trinajstić information content (AvgIpc) is 3.12. The Morgan fingerprint density at radius 1 is 0.556 bits per heavy atom. The van der Waals surface area contributed by atoms with Gasteiger partial charge in [-0.1, -0.05) is 139 Å². The Bertz CT molecular complexity index is 1070. The van der Waals surface area contributed by atoms with Crippen LogP contribution in [-0.2, 0) is 28.6 Å². The first kappa shape index (κ1) is 51.0. The maximum absolute atomic E-state index is 12.6. The summed E-state index contributed by atoms with van der Waals surface area (Å²) in [5.41, 5.74) is 0. The number of quaternary nitrogens is 1. The van der Waals surface area contributed by atoms with Crippen molar-refractivity contribution in [2.75, 3.05) is 41.0 Å². The van der Waals surface area contributed by atoms with Gasteiger partial charge in [-0.3, -0.25) is 9.59 Å². The molecule has 54 heavy (non-hydrogen) atoms. The second kappa shape index (κ2) is 37.0. The fourth-order valence-corrected chi connectivity index (χ4v) is 5.79. The third kappa shape index (κ3) is 34.8. The van der Waals surface area contributed by atoms with Crippen LogP contribution in [0.25, 0.3) is 0 Å². The molecule has 0 aromatic carbocycles. The van der Waals surface area contributed by atoms with Gasteiger partial charge in [-0.15, -0.1) is 0 Å². The predicted molar refractivity (Wildman–Crippen MR) is 222 cm³/mol. The minimum atomic E-state index is -1.14. The summed E-state index contributed by atoms with van der Waals surface area (Å²) in [7, 11) is 5.36. The molecule has 0 saturated carbocycles. The molecule has 0 bridgehead atoms. The van der Waals surface area contributed by atoms with Gasteiger partial charge in [-0.2, -0.15) is 0 Å². The van der Waals surface area contributed by atoms with Gasteiger partial charge in [0.2, 0.25) is 0 Å². The molecule has 0 aromatic heterocycles. The third-order valence-corrected chi connectivity index (χ3v) is 9.14. The lowest BCUT2D eigenvalue weighted by atomic mass is 10.1. The summed E-state index contributed by atoms with van der Waals surface area (Å²) >= 11 is 0. The second-order valence-electron chi connectivity index (χ2n) is 15.2. The van der Waals surface area contributed by atoms with E-state index in [-0.39, 0.29) is 49.5 Å². The number of nitrogens with zero attached hydrogens (tertiary/aromatic N) is 1. The summed E-state index contributed by atoms with van der Waals surface area (Å²) in [6.07, 6.45) is 44.1. The molecule has 0 N–H and O–H groups in total. The van der Waals surface area contributed by atoms with Crippen LogP contribution in [0, 0.1) is 0 Å². The summed E-state index contributed by atoms with van der Waals surface area (Å²) in [5, 5.41) is 11.6. The van der Waals surface area contributed by atoms with Gasteiger partial charge in [0.15, 0.2) is 6.10 Å². The lowest BCUT2D eigenvalue weighted by molar-refractivity contribution is -0.889. The van der Waals surface area contributed by atoms with Gasteiger partial charge in [0, 0.05) is 19.3 Å². The minimum absolute atomic E-state index is 0.000337. The molecular formula is C46H79NO7. The van der Waals surface area contributed by atoms with Crippen LogP contribution in [-0.4, -0.2) is 75.5 Å². The Labute approximate surface area is 330 Å². The lowest BCUT2D eigenvalue weighted by Gasteiger charge is -2.34. The number of esters is 2. The van der Waals surface area contributed by atoms with Gasteiger partial charge in [0.05, 0.1) is 40.3 Å². The van der Waals surface area contributed by atoms with Crippen LogP contribution in [0.3, 0.4) is 0 Å². The Morgan fingerprint density at radius 3 is 1.52 bits per heavy atom. The minimum Gasteiger partial charge on any atom is -0.544 e. The normalized spacial score (nSPS) is 13.6. The summed E-state index contributed by atoms with van der Waals surface area (Å²) in [6.45, 7) is 4.51. The van der Waals surface area contributed by atoms with Crippen molar-refractivity contribution in [1.29, 1.82) is 0 Å². The maximum Gasteiger partial charge on any atom is 0.306 e. The maximum atomic E-state index is 12.6. The summed E-state index contributed by atoms with van der Waals surface area (Å²) in [4.78, 5) is 36.7. The number of carbonyl (C=O) groups excluding carboxylic acids is 3. The molecular weight excluding hydrogens is 679 g/mol. The molecule has 0 saturated heterocycles. The summed E-state index contributed by atoms with van der Waals surface area (Å²) in [6, 6.07) is -0.743. The molecule has 0 amide bonds. The summed E-state index contributed by atoms with van der Waals surface area (Å²) in [5.74, 6) is -1.89. The van der Waals surface area contributed by atoms with E-state index in [4.69, 9.17) is 14.2 Å². The number of allylic oxidation sites excluding steroid dienone is 10. The van der Waals surface area contributed by atoms with Crippen LogP contribution in [0.4, 0.5) is 0 Å². The Hall–Kier alpha value is -2.97. The third-order valence-electron chi connectivity index (χ3n) is 9.14. The number of carboxylic acid groups (broad SMARTS) is 1. The first-order valence-electron chi connectivity index (χ1n) is 21.3. The molecule has 8 heteroatoms. The summed E-state index contributed by atoms with van der Waals surface area (Å²) < 4.78 is 17.0. The van der Waals surface area contributed by atoms with Crippen molar-refractivity contribution >= 4 is 17.9 Å². The largest absolute Gasteiger partial charge is 0.544 e. The molecule has 0 radical (unpaired) electrons. The molecule has 0 aliphatic heterocycles. The van der Waals surface area contributed by atoms with Crippen LogP contribution < -0.4 is 5.11 Å². The quantitative estimate of drug-likeness (QED) is 0.0269. The van der Waals surface area contributed by atoms with E-state index in [1.54, 1.807) is 21.1 Å². The molecule has 0 aromatic rings. The Morgan fingerprint density at radius 2 is 1.02 bits per heavy atom. The molecule has 0 rings (SSSR count). The highest BCUT2D eigenvalue weighted by atomic mass is 16.6. The molecule has 0 fully saturated rings. The van der Waals surface area contributed by atoms with E-state index in [0.717, 1.165) is 32.1 Å². The van der Waals surface area contributed by atoms with Crippen molar-refractivity contribution in [3.05, 3.63) is 60.8 Å². The molecule has 0 aliphatic rings. The van der Waals surface area contributed by atoms with E-state index in [9.17, 15) is 19.5 Å². The zero-order chi connectivity index (χ0) is 40.0. The zero-order valence-corrected chi connectivity index (χ0v) is 35.1. The monoisotopic (exact) mass is 758 g/mol. The van der Waals surface area contributed by atoms with Gasteiger partial charge in [0.1, 0.15) is 12.6 Å². The second-order valence-corrected chi connectivity index (χ2v) is 15.2. The lowest BCUT2D eigenvalue weighted by Crippen LogP contribution is -2.55. The van der Waals surface area contributed by atoms with Gasteiger partial charge in [0.25, 0.3) is 0 Å². The molecule has 8 nitrogen and oxygen atoms in total. The Kier molecular flexibility index (Phi) is 34.9. The van der Waals surface area contributed by atoms with Crippen molar-refractivity contribution in [2.24, 2.45) is 0 Å². The fourth-order valence-electron chi connectivity index (χ4n) is 5.79. The number of rotatable bonds is 37. The topological polar surface area (TPSA) is 102 Å². The average molecular weight is 758 g/mol. The van der Waals surface area contributed by atoms with Crippen molar-refractivity contribution in [2.45, 2.75) is 174 Å². The predicted octanol–water partition coefficient (Wildman–Crippen LogP) is 10.1. The number of carbonyl (C=O) groups is 3. The van der Waals surface area contributed by atoms with E-state index < -0.39 is 24.1 Å². The highest BCUT2D eigenvalue weighted by molar-refractivity contribution is 5.70. The molecule has 310 valence electrons. The van der Waals surface area contributed by atoms with Crippen LogP contribution in [0.2, 0.25) is 0 Å². The van der Waals surface area contributed by atoms with Crippen molar-refractivity contribution in [1.82, 2.24) is 0 Å². The van der Waals surface area contributed by atoms with E-state index in [0.29, 0.717) is 12.8 Å². The SMILES string of the molecule is CCCCCCCC/C=C/C/C=C/C/C=C/CCCC(=O)OCC(COCCC(C(=O)[O-])[N+](C)(C)C)OC(=O)CC/C=C/C/C=C/CCCCCCCC.